The lowest BCUT2D eigenvalue weighted by Gasteiger charge is -2.38. The van der Waals surface area contributed by atoms with Crippen LogP contribution in [0, 0.1) is 6.92 Å². The Morgan fingerprint density at radius 3 is 2.89 bits per heavy atom. The van der Waals surface area contributed by atoms with Gasteiger partial charge in [-0.25, -0.2) is 0 Å². The monoisotopic (exact) mass is 249 g/mol. The number of aryl methyl sites for hydroxylation is 1. The van der Waals surface area contributed by atoms with Gasteiger partial charge in [-0.2, -0.15) is 0 Å². The van der Waals surface area contributed by atoms with Gasteiger partial charge in [0.2, 0.25) is 0 Å². The summed E-state index contributed by atoms with van der Waals surface area (Å²) in [6, 6.07) is 8.86. The molecule has 2 atom stereocenters. The number of aliphatic hydroxyl groups is 1. The summed E-state index contributed by atoms with van der Waals surface area (Å²) in [4.78, 5) is 2.41. The molecule has 2 unspecified atom stereocenters. The number of hydrogen-bond donors (Lipinski definition) is 1. The van der Waals surface area contributed by atoms with Gasteiger partial charge in [0, 0.05) is 25.7 Å². The lowest BCUT2D eigenvalue weighted by Crippen LogP contribution is -2.45. The Labute approximate surface area is 109 Å². The summed E-state index contributed by atoms with van der Waals surface area (Å²) in [6.45, 7) is 7.22. The van der Waals surface area contributed by atoms with Gasteiger partial charge in [0.1, 0.15) is 0 Å². The molecule has 1 saturated heterocycles. The van der Waals surface area contributed by atoms with Gasteiger partial charge in [-0.3, -0.25) is 4.90 Å². The Bertz CT molecular complexity index is 381. The number of hydrogen-bond acceptors (Lipinski definition) is 3. The summed E-state index contributed by atoms with van der Waals surface area (Å²) in [6.07, 6.45) is 1.01. The van der Waals surface area contributed by atoms with Gasteiger partial charge in [0.25, 0.3) is 0 Å². The minimum atomic E-state index is 0.168. The molecule has 1 aromatic rings. The van der Waals surface area contributed by atoms with E-state index < -0.39 is 0 Å². The lowest BCUT2D eigenvalue weighted by molar-refractivity contribution is -0.0613. The van der Waals surface area contributed by atoms with Crippen LogP contribution in [-0.4, -0.2) is 42.4 Å². The van der Waals surface area contributed by atoms with Crippen LogP contribution in [0.5, 0.6) is 0 Å². The Hall–Kier alpha value is -0.900. The van der Waals surface area contributed by atoms with E-state index in [0.29, 0.717) is 6.04 Å². The first kappa shape index (κ1) is 13.5. The number of rotatable bonds is 4. The third-order valence-electron chi connectivity index (χ3n) is 3.70. The van der Waals surface area contributed by atoms with Crippen LogP contribution in [0.2, 0.25) is 0 Å². The molecule has 1 N–H and O–H groups in total. The van der Waals surface area contributed by atoms with E-state index in [2.05, 4.69) is 43.0 Å². The molecule has 100 valence electrons. The summed E-state index contributed by atoms with van der Waals surface area (Å²) in [7, 11) is 0. The lowest BCUT2D eigenvalue weighted by atomic mass is 10.0. The molecule has 0 amide bonds. The first-order chi connectivity index (χ1) is 8.72. The van der Waals surface area contributed by atoms with Crippen LogP contribution in [0.25, 0.3) is 0 Å². The summed E-state index contributed by atoms with van der Waals surface area (Å²) in [5.74, 6) is 0. The molecule has 0 radical (unpaired) electrons. The fourth-order valence-electron chi connectivity index (χ4n) is 2.53. The molecule has 1 heterocycles. The second kappa shape index (κ2) is 6.32. The predicted octanol–water partition coefficient (Wildman–Crippen LogP) is 2.14. The van der Waals surface area contributed by atoms with Crippen LogP contribution in [0.3, 0.4) is 0 Å². The molecule has 0 aliphatic carbocycles. The van der Waals surface area contributed by atoms with E-state index in [1.165, 1.54) is 11.1 Å². The van der Waals surface area contributed by atoms with E-state index in [9.17, 15) is 0 Å². The molecule has 1 aromatic carbocycles. The minimum Gasteiger partial charge on any atom is -0.396 e. The molecule has 0 saturated carbocycles. The van der Waals surface area contributed by atoms with E-state index in [-0.39, 0.29) is 12.7 Å². The number of benzene rings is 1. The number of nitrogens with zero attached hydrogens (tertiary/aromatic N) is 1. The maximum absolute atomic E-state index is 8.95. The van der Waals surface area contributed by atoms with Crippen LogP contribution in [0.15, 0.2) is 24.3 Å². The highest BCUT2D eigenvalue weighted by Gasteiger charge is 2.27. The quantitative estimate of drug-likeness (QED) is 0.887. The number of aliphatic hydroxyl groups excluding tert-OH is 1. The first-order valence-corrected chi connectivity index (χ1v) is 6.74. The van der Waals surface area contributed by atoms with Gasteiger partial charge in [0.15, 0.2) is 0 Å². The average Bonchev–Trinajstić information content (AvgIpc) is 2.39. The fraction of sp³-hybridized carbons (Fsp3) is 0.600. The SMILES string of the molecule is Cc1ccccc1C1CN(CCCO)C(C)CO1. The maximum Gasteiger partial charge on any atom is 0.0955 e. The molecule has 1 fully saturated rings. The standard InChI is InChI=1S/C15H23NO2/c1-12-6-3-4-7-14(12)15-10-16(8-5-9-17)13(2)11-18-15/h3-4,6-7,13,15,17H,5,8-11H2,1-2H3. The van der Waals surface area contributed by atoms with Crippen LogP contribution in [-0.2, 0) is 4.74 Å². The van der Waals surface area contributed by atoms with E-state index in [1.807, 2.05) is 0 Å². The van der Waals surface area contributed by atoms with Crippen molar-refractivity contribution in [1.29, 1.82) is 0 Å². The van der Waals surface area contributed by atoms with Gasteiger partial charge in [-0.1, -0.05) is 24.3 Å². The predicted molar refractivity (Wildman–Crippen MR) is 72.6 cm³/mol. The molecule has 2 rings (SSSR count). The van der Waals surface area contributed by atoms with Crippen molar-refractivity contribution in [2.45, 2.75) is 32.4 Å². The van der Waals surface area contributed by atoms with Gasteiger partial charge >= 0.3 is 0 Å². The van der Waals surface area contributed by atoms with Crippen LogP contribution >= 0.6 is 0 Å². The summed E-state index contributed by atoms with van der Waals surface area (Å²) in [5.41, 5.74) is 2.58. The topological polar surface area (TPSA) is 32.7 Å². The molecular weight excluding hydrogens is 226 g/mol. The molecule has 0 bridgehead atoms. The summed E-state index contributed by atoms with van der Waals surface area (Å²) < 4.78 is 5.96. The van der Waals surface area contributed by atoms with Crippen molar-refractivity contribution in [3.05, 3.63) is 35.4 Å². The Kier molecular flexibility index (Phi) is 4.75. The second-order valence-corrected chi connectivity index (χ2v) is 5.10. The molecule has 3 nitrogen and oxygen atoms in total. The highest BCUT2D eigenvalue weighted by Crippen LogP contribution is 2.27. The van der Waals surface area contributed by atoms with Crippen molar-refractivity contribution in [3.8, 4) is 0 Å². The van der Waals surface area contributed by atoms with Gasteiger partial charge in [-0.15, -0.1) is 0 Å². The minimum absolute atomic E-state index is 0.168. The molecule has 0 aromatic heterocycles. The maximum atomic E-state index is 8.95. The van der Waals surface area contributed by atoms with Crippen molar-refractivity contribution in [1.82, 2.24) is 4.90 Å². The normalized spacial score (nSPS) is 25.3. The molecule has 1 aliphatic heterocycles. The zero-order valence-electron chi connectivity index (χ0n) is 11.3. The third-order valence-corrected chi connectivity index (χ3v) is 3.70. The second-order valence-electron chi connectivity index (χ2n) is 5.10. The van der Waals surface area contributed by atoms with Gasteiger partial charge in [-0.05, 0) is 31.4 Å². The number of morpholine rings is 1. The van der Waals surface area contributed by atoms with E-state index in [1.54, 1.807) is 0 Å². The van der Waals surface area contributed by atoms with E-state index >= 15 is 0 Å². The first-order valence-electron chi connectivity index (χ1n) is 6.74. The smallest absolute Gasteiger partial charge is 0.0955 e. The fourth-order valence-corrected chi connectivity index (χ4v) is 2.53. The van der Waals surface area contributed by atoms with Crippen molar-refractivity contribution in [3.63, 3.8) is 0 Å². The Morgan fingerprint density at radius 1 is 1.39 bits per heavy atom. The highest BCUT2D eigenvalue weighted by atomic mass is 16.5. The Morgan fingerprint density at radius 2 is 2.17 bits per heavy atom. The molecule has 3 heteroatoms. The van der Waals surface area contributed by atoms with E-state index in [0.717, 1.165) is 26.1 Å². The summed E-state index contributed by atoms with van der Waals surface area (Å²) in [5, 5.41) is 8.95. The van der Waals surface area contributed by atoms with Crippen molar-refractivity contribution < 1.29 is 9.84 Å². The summed E-state index contributed by atoms with van der Waals surface area (Å²) >= 11 is 0. The zero-order valence-corrected chi connectivity index (χ0v) is 11.3. The van der Waals surface area contributed by atoms with Gasteiger partial charge in [0.05, 0.1) is 12.7 Å². The van der Waals surface area contributed by atoms with Crippen molar-refractivity contribution >= 4 is 0 Å². The van der Waals surface area contributed by atoms with E-state index in [4.69, 9.17) is 9.84 Å². The molecule has 1 aliphatic rings. The molecule has 0 spiro atoms. The third kappa shape index (κ3) is 3.10. The largest absolute Gasteiger partial charge is 0.396 e. The van der Waals surface area contributed by atoms with Gasteiger partial charge < -0.3 is 9.84 Å². The van der Waals surface area contributed by atoms with Crippen LogP contribution in [0.4, 0.5) is 0 Å². The van der Waals surface area contributed by atoms with Crippen LogP contribution < -0.4 is 0 Å². The molecular formula is C15H23NO2. The van der Waals surface area contributed by atoms with Crippen molar-refractivity contribution in [2.75, 3.05) is 26.3 Å². The van der Waals surface area contributed by atoms with Crippen molar-refractivity contribution in [2.24, 2.45) is 0 Å². The number of ether oxygens (including phenoxy) is 1. The zero-order chi connectivity index (χ0) is 13.0. The van der Waals surface area contributed by atoms with Crippen LogP contribution in [0.1, 0.15) is 30.6 Å². The average molecular weight is 249 g/mol. The molecule has 18 heavy (non-hydrogen) atoms. The highest BCUT2D eigenvalue weighted by molar-refractivity contribution is 5.28. The Balaban J connectivity index is 2.05.